The molecule has 0 saturated heterocycles. The van der Waals surface area contributed by atoms with Crippen LogP contribution in [0.5, 0.6) is 0 Å². The van der Waals surface area contributed by atoms with Gasteiger partial charge < -0.3 is 0 Å². The highest BCUT2D eigenvalue weighted by atomic mass is 28.3. The minimum atomic E-state index is -0.150. The van der Waals surface area contributed by atoms with E-state index in [4.69, 9.17) is 0 Å². The lowest BCUT2D eigenvalue weighted by Gasteiger charge is -1.94. The van der Waals surface area contributed by atoms with Gasteiger partial charge in [0.1, 0.15) is 0 Å². The number of allylic oxidation sites excluding steroid dienone is 1. The molecule has 2 rings (SSSR count). The summed E-state index contributed by atoms with van der Waals surface area (Å²) in [5.41, 5.74) is 3.51. The quantitative estimate of drug-likeness (QED) is 0.457. The molecule has 0 spiro atoms. The molecule has 2 aromatic rings. The molecule has 0 bridgehead atoms. The van der Waals surface area contributed by atoms with E-state index in [1.54, 1.807) is 0 Å². The third-order valence-corrected chi connectivity index (χ3v) is 7.20. The summed E-state index contributed by atoms with van der Waals surface area (Å²) in [6, 6.07) is 23.1. The molecule has 0 N–H and O–H groups in total. The second kappa shape index (κ2) is 19.1. The average Bonchev–Trinajstić information content (AvgIpc) is 2.70. The molecule has 0 amide bonds. The van der Waals surface area contributed by atoms with E-state index < -0.39 is 0 Å². The van der Waals surface area contributed by atoms with E-state index in [0.717, 1.165) is 5.57 Å². The molecule has 0 fully saturated rings. The molecular formula is C25H42Si2. The lowest BCUT2D eigenvalue weighted by molar-refractivity contribution is 1.41. The summed E-state index contributed by atoms with van der Waals surface area (Å²) in [6.45, 7) is 23.4. The SMILES string of the molecule is C=C(C)c1ccccc1.C=Cc1ccccc1.CC[SiH](C)C.CC[SiH](C)C. The van der Waals surface area contributed by atoms with Crippen molar-refractivity contribution in [3.63, 3.8) is 0 Å². The van der Waals surface area contributed by atoms with Gasteiger partial charge in [0.05, 0.1) is 0 Å². The van der Waals surface area contributed by atoms with E-state index in [1.807, 2.05) is 61.5 Å². The smallest absolute Gasteiger partial charge is 0.0302 e. The van der Waals surface area contributed by atoms with Crippen LogP contribution in [0, 0.1) is 0 Å². The number of hydrogen-bond acceptors (Lipinski definition) is 0. The third-order valence-electron chi connectivity index (χ3n) is 3.93. The second-order valence-corrected chi connectivity index (χ2v) is 14.6. The summed E-state index contributed by atoms with van der Waals surface area (Å²) < 4.78 is 0. The van der Waals surface area contributed by atoms with Crippen molar-refractivity contribution in [3.05, 3.63) is 84.9 Å². The molecule has 2 aromatic carbocycles. The van der Waals surface area contributed by atoms with Crippen molar-refractivity contribution in [3.8, 4) is 0 Å². The van der Waals surface area contributed by atoms with Crippen molar-refractivity contribution in [2.24, 2.45) is 0 Å². The lowest BCUT2D eigenvalue weighted by atomic mass is 10.1. The summed E-state index contributed by atoms with van der Waals surface area (Å²) in [5.74, 6) is 0. The van der Waals surface area contributed by atoms with Crippen LogP contribution >= 0.6 is 0 Å². The second-order valence-electron chi connectivity index (χ2n) is 7.37. The van der Waals surface area contributed by atoms with Gasteiger partial charge in [0.2, 0.25) is 0 Å². The highest BCUT2D eigenvalue weighted by molar-refractivity contribution is 6.55. The van der Waals surface area contributed by atoms with Gasteiger partial charge in [-0.3, -0.25) is 0 Å². The predicted molar refractivity (Wildman–Crippen MR) is 136 cm³/mol. The largest absolute Gasteiger partial charge is 0.0985 e. The summed E-state index contributed by atoms with van der Waals surface area (Å²) in [5, 5.41) is 0. The van der Waals surface area contributed by atoms with E-state index in [9.17, 15) is 0 Å². The van der Waals surface area contributed by atoms with Gasteiger partial charge in [0, 0.05) is 17.6 Å². The number of rotatable bonds is 4. The van der Waals surface area contributed by atoms with Crippen molar-refractivity contribution in [2.45, 2.75) is 59.0 Å². The van der Waals surface area contributed by atoms with Gasteiger partial charge in [-0.1, -0.05) is 138 Å². The van der Waals surface area contributed by atoms with Crippen LogP contribution < -0.4 is 0 Å². The zero-order valence-corrected chi connectivity index (χ0v) is 21.1. The standard InChI is InChI=1S/C9H10.C8H8.2C4H12Si/c1-8(2)9-6-4-3-5-7-9;1-2-8-6-4-3-5-7-8;2*1-4-5(2)3/h3-7H,1H2,2H3;2-7H,1H2;2*5H,4H2,1-3H3. The Labute approximate surface area is 173 Å². The molecule has 27 heavy (non-hydrogen) atoms. The zero-order chi connectivity index (χ0) is 21.1. The van der Waals surface area contributed by atoms with Crippen molar-refractivity contribution < 1.29 is 0 Å². The van der Waals surface area contributed by atoms with Crippen LogP contribution in [0.25, 0.3) is 11.6 Å². The molecule has 0 nitrogen and oxygen atoms in total. The molecule has 0 radical (unpaired) electrons. The van der Waals surface area contributed by atoms with Gasteiger partial charge in [-0.25, -0.2) is 0 Å². The van der Waals surface area contributed by atoms with E-state index in [-0.39, 0.29) is 17.6 Å². The van der Waals surface area contributed by atoms with Crippen LogP contribution in [0.4, 0.5) is 0 Å². The average molecular weight is 399 g/mol. The van der Waals surface area contributed by atoms with Crippen LogP contribution in [0.15, 0.2) is 73.8 Å². The van der Waals surface area contributed by atoms with Gasteiger partial charge in [0.25, 0.3) is 0 Å². The molecule has 2 heteroatoms. The Balaban J connectivity index is 0. The van der Waals surface area contributed by atoms with Crippen LogP contribution in [0.3, 0.4) is 0 Å². The Bertz CT molecular complexity index is 564. The van der Waals surface area contributed by atoms with Gasteiger partial charge in [-0.2, -0.15) is 0 Å². The molecule has 0 aliphatic heterocycles. The lowest BCUT2D eigenvalue weighted by Crippen LogP contribution is -1.92. The van der Waals surface area contributed by atoms with Gasteiger partial charge in [-0.05, 0) is 18.1 Å². The maximum absolute atomic E-state index is 3.83. The Kier molecular flexibility index (Phi) is 19.5. The first-order valence-electron chi connectivity index (χ1n) is 10.2. The minimum absolute atomic E-state index is 0.150. The van der Waals surface area contributed by atoms with E-state index in [1.165, 1.54) is 23.2 Å². The molecule has 0 unspecified atom stereocenters. The topological polar surface area (TPSA) is 0 Å². The van der Waals surface area contributed by atoms with E-state index >= 15 is 0 Å². The number of hydrogen-bond donors (Lipinski definition) is 0. The van der Waals surface area contributed by atoms with Crippen LogP contribution in [-0.2, 0) is 0 Å². The molecular weight excluding hydrogens is 356 g/mol. The highest BCUT2D eigenvalue weighted by Gasteiger charge is 1.86. The molecule has 0 atom stereocenters. The molecule has 0 saturated carbocycles. The molecule has 0 aliphatic carbocycles. The first kappa shape index (κ1) is 27.6. The van der Waals surface area contributed by atoms with Crippen molar-refractivity contribution in [1.29, 1.82) is 0 Å². The summed E-state index contributed by atoms with van der Waals surface area (Å²) in [6.07, 6.45) is 1.83. The molecule has 150 valence electrons. The van der Waals surface area contributed by atoms with Gasteiger partial charge >= 0.3 is 0 Å². The normalized spacial score (nSPS) is 9.07. The van der Waals surface area contributed by atoms with Gasteiger partial charge in [-0.15, -0.1) is 0 Å². The fraction of sp³-hybridized carbons (Fsp3) is 0.360. The van der Waals surface area contributed by atoms with Gasteiger partial charge in [0.15, 0.2) is 0 Å². The fourth-order valence-corrected chi connectivity index (χ4v) is 1.31. The first-order valence-corrected chi connectivity index (χ1v) is 16.4. The van der Waals surface area contributed by atoms with E-state index in [0.29, 0.717) is 0 Å². The summed E-state index contributed by atoms with van der Waals surface area (Å²) in [7, 11) is -0.299. The van der Waals surface area contributed by atoms with Crippen molar-refractivity contribution >= 4 is 29.2 Å². The Morgan fingerprint density at radius 3 is 1.30 bits per heavy atom. The summed E-state index contributed by atoms with van der Waals surface area (Å²) in [4.78, 5) is 0. The van der Waals surface area contributed by atoms with E-state index in [2.05, 4.69) is 65.3 Å². The Morgan fingerprint density at radius 1 is 0.778 bits per heavy atom. The van der Waals surface area contributed by atoms with Crippen LogP contribution in [-0.4, -0.2) is 17.6 Å². The molecule has 0 heterocycles. The predicted octanol–water partition coefficient (Wildman–Crippen LogP) is 8.04. The maximum atomic E-state index is 3.83. The Morgan fingerprint density at radius 2 is 1.11 bits per heavy atom. The highest BCUT2D eigenvalue weighted by Crippen LogP contribution is 2.08. The Hall–Kier alpha value is -1.65. The third kappa shape index (κ3) is 20.5. The molecule has 0 aliphatic rings. The zero-order valence-electron chi connectivity index (χ0n) is 18.8. The number of benzene rings is 2. The van der Waals surface area contributed by atoms with Crippen molar-refractivity contribution in [1.82, 2.24) is 0 Å². The van der Waals surface area contributed by atoms with Crippen molar-refractivity contribution in [2.75, 3.05) is 0 Å². The monoisotopic (exact) mass is 398 g/mol. The molecule has 0 aromatic heterocycles. The van der Waals surface area contributed by atoms with Crippen LogP contribution in [0.2, 0.25) is 38.3 Å². The van der Waals surface area contributed by atoms with Crippen LogP contribution in [0.1, 0.15) is 31.9 Å². The first-order chi connectivity index (χ1) is 12.8. The summed E-state index contributed by atoms with van der Waals surface area (Å²) >= 11 is 0. The maximum Gasteiger partial charge on any atom is 0.0302 e. The minimum Gasteiger partial charge on any atom is -0.0985 e. The fourth-order valence-electron chi connectivity index (χ4n) is 1.31.